The number of amides is 2. The quantitative estimate of drug-likeness (QED) is 0.844. The smallest absolute Gasteiger partial charge is 0.327 e. The van der Waals surface area contributed by atoms with E-state index in [1.165, 1.54) is 11.8 Å². The maximum atomic E-state index is 13.6. The largest absolute Gasteiger partial charge is 0.480 e. The highest BCUT2D eigenvalue weighted by Crippen LogP contribution is 2.28. The monoisotopic (exact) mass is 366 g/mol. The standard InChI is InChI=1S/C11H9BrF2N2O3S/c12-6-1-5(13)2-7(14)9(6)15-11(19)16-4-20-3-8(16)10(17)18/h1-2,8H,3-4H2,(H,15,19)(H,17,18). The molecule has 0 bridgehead atoms. The van der Waals surface area contributed by atoms with Gasteiger partial charge in [-0.05, 0) is 22.0 Å². The number of benzene rings is 1. The molecule has 0 aromatic heterocycles. The Labute approximate surface area is 125 Å². The van der Waals surface area contributed by atoms with Gasteiger partial charge in [0.05, 0.1) is 11.6 Å². The minimum absolute atomic E-state index is 0.0436. The number of thioether (sulfide) groups is 1. The summed E-state index contributed by atoms with van der Waals surface area (Å²) in [6.07, 6.45) is 0. The van der Waals surface area contributed by atoms with E-state index in [1.807, 2.05) is 0 Å². The Morgan fingerprint density at radius 1 is 1.45 bits per heavy atom. The Bertz CT molecular complexity index is 550. The lowest BCUT2D eigenvalue weighted by Gasteiger charge is -2.21. The SMILES string of the molecule is O=C(O)C1CSCN1C(=O)Nc1c(F)cc(F)cc1Br. The van der Waals surface area contributed by atoms with Gasteiger partial charge in [0.15, 0.2) is 5.82 Å². The number of nitrogens with zero attached hydrogens (tertiary/aromatic N) is 1. The maximum absolute atomic E-state index is 13.6. The highest BCUT2D eigenvalue weighted by molar-refractivity contribution is 9.10. The zero-order valence-electron chi connectivity index (χ0n) is 9.90. The lowest BCUT2D eigenvalue weighted by molar-refractivity contribution is -0.140. The summed E-state index contributed by atoms with van der Waals surface area (Å²) in [5.74, 6) is -2.38. The first-order valence-electron chi connectivity index (χ1n) is 5.43. The second kappa shape index (κ2) is 5.96. The molecule has 108 valence electrons. The Kier molecular flexibility index (Phi) is 4.48. The summed E-state index contributed by atoms with van der Waals surface area (Å²) < 4.78 is 26.6. The summed E-state index contributed by atoms with van der Waals surface area (Å²) in [4.78, 5) is 24.0. The number of hydrogen-bond acceptors (Lipinski definition) is 3. The summed E-state index contributed by atoms with van der Waals surface area (Å²) in [5.41, 5.74) is -0.225. The van der Waals surface area contributed by atoms with Gasteiger partial charge >= 0.3 is 12.0 Å². The van der Waals surface area contributed by atoms with Crippen LogP contribution in [0.5, 0.6) is 0 Å². The lowest BCUT2D eigenvalue weighted by Crippen LogP contribution is -2.44. The number of urea groups is 1. The zero-order chi connectivity index (χ0) is 14.9. The summed E-state index contributed by atoms with van der Waals surface area (Å²) in [6.45, 7) is 0. The fourth-order valence-corrected chi connectivity index (χ4v) is 3.34. The zero-order valence-corrected chi connectivity index (χ0v) is 12.3. The van der Waals surface area contributed by atoms with Crippen molar-refractivity contribution in [1.82, 2.24) is 4.90 Å². The maximum Gasteiger partial charge on any atom is 0.327 e. The second-order valence-electron chi connectivity index (χ2n) is 4.00. The molecular weight excluding hydrogens is 358 g/mol. The molecule has 1 aliphatic rings. The first kappa shape index (κ1) is 15.0. The molecule has 1 heterocycles. The van der Waals surface area contributed by atoms with Crippen LogP contribution >= 0.6 is 27.7 Å². The lowest BCUT2D eigenvalue weighted by atomic mass is 10.3. The minimum atomic E-state index is -1.12. The van der Waals surface area contributed by atoms with Gasteiger partial charge in [0.2, 0.25) is 0 Å². The molecule has 1 aromatic rings. The van der Waals surface area contributed by atoms with Gasteiger partial charge in [0.1, 0.15) is 11.9 Å². The van der Waals surface area contributed by atoms with Crippen molar-refractivity contribution in [2.75, 3.05) is 16.9 Å². The van der Waals surface area contributed by atoms with Gasteiger partial charge in [-0.15, -0.1) is 11.8 Å². The van der Waals surface area contributed by atoms with Crippen LogP contribution in [-0.2, 0) is 4.79 Å². The van der Waals surface area contributed by atoms with E-state index in [0.29, 0.717) is 6.07 Å². The highest BCUT2D eigenvalue weighted by atomic mass is 79.9. The summed E-state index contributed by atoms with van der Waals surface area (Å²) in [5, 5.41) is 11.2. The number of hydrogen-bond donors (Lipinski definition) is 2. The van der Waals surface area contributed by atoms with E-state index in [2.05, 4.69) is 21.2 Å². The van der Waals surface area contributed by atoms with Crippen molar-refractivity contribution in [3.8, 4) is 0 Å². The van der Waals surface area contributed by atoms with Crippen LogP contribution in [0, 0.1) is 11.6 Å². The van der Waals surface area contributed by atoms with Gasteiger partial charge < -0.3 is 15.3 Å². The number of carbonyl (C=O) groups is 2. The van der Waals surface area contributed by atoms with Crippen molar-refractivity contribution in [1.29, 1.82) is 0 Å². The predicted molar refractivity (Wildman–Crippen MR) is 73.7 cm³/mol. The summed E-state index contributed by atoms with van der Waals surface area (Å²) in [6, 6.07) is -0.0595. The number of carboxylic acid groups (broad SMARTS) is 1. The molecule has 0 aliphatic carbocycles. The first-order chi connectivity index (χ1) is 9.40. The van der Waals surface area contributed by atoms with Gasteiger partial charge in [0, 0.05) is 16.3 Å². The molecule has 2 N–H and O–H groups in total. The molecule has 20 heavy (non-hydrogen) atoms. The fraction of sp³-hybridized carbons (Fsp3) is 0.273. The van der Waals surface area contributed by atoms with Crippen LogP contribution in [0.4, 0.5) is 19.3 Å². The molecule has 1 fully saturated rings. The molecule has 0 saturated carbocycles. The topological polar surface area (TPSA) is 69.6 Å². The Balaban J connectivity index is 2.18. The number of anilines is 1. The molecule has 1 saturated heterocycles. The molecule has 1 unspecified atom stereocenters. The summed E-state index contributed by atoms with van der Waals surface area (Å²) >= 11 is 4.23. The molecule has 2 amide bonds. The molecule has 0 spiro atoms. The van der Waals surface area contributed by atoms with Crippen molar-refractivity contribution in [2.45, 2.75) is 6.04 Å². The second-order valence-corrected chi connectivity index (χ2v) is 5.85. The van der Waals surface area contributed by atoms with E-state index in [1.54, 1.807) is 0 Å². The molecule has 5 nitrogen and oxygen atoms in total. The van der Waals surface area contributed by atoms with Gasteiger partial charge in [0.25, 0.3) is 0 Å². The first-order valence-corrected chi connectivity index (χ1v) is 7.37. The highest BCUT2D eigenvalue weighted by Gasteiger charge is 2.35. The number of halogens is 3. The fourth-order valence-electron chi connectivity index (χ4n) is 1.69. The van der Waals surface area contributed by atoms with Crippen LogP contribution in [-0.4, -0.2) is 39.7 Å². The van der Waals surface area contributed by atoms with Gasteiger partial charge in [-0.25, -0.2) is 18.4 Å². The van der Waals surface area contributed by atoms with Crippen LogP contribution in [0.25, 0.3) is 0 Å². The van der Waals surface area contributed by atoms with Gasteiger partial charge in [-0.3, -0.25) is 0 Å². The number of rotatable bonds is 2. The van der Waals surface area contributed by atoms with Crippen LogP contribution in [0.2, 0.25) is 0 Å². The van der Waals surface area contributed by atoms with Gasteiger partial charge in [-0.1, -0.05) is 0 Å². The molecule has 9 heteroatoms. The van der Waals surface area contributed by atoms with Gasteiger partial charge in [-0.2, -0.15) is 0 Å². The van der Waals surface area contributed by atoms with Crippen molar-refractivity contribution < 1.29 is 23.5 Å². The van der Waals surface area contributed by atoms with E-state index < -0.39 is 29.7 Å². The van der Waals surface area contributed by atoms with Crippen LogP contribution in [0.1, 0.15) is 0 Å². The third kappa shape index (κ3) is 3.04. The molecular formula is C11H9BrF2N2O3S. The van der Waals surface area contributed by atoms with E-state index in [-0.39, 0.29) is 21.8 Å². The van der Waals surface area contributed by atoms with Crippen molar-refractivity contribution in [3.63, 3.8) is 0 Å². The molecule has 1 atom stereocenters. The van der Waals surface area contributed by atoms with E-state index in [9.17, 15) is 18.4 Å². The average molecular weight is 367 g/mol. The van der Waals surface area contributed by atoms with E-state index >= 15 is 0 Å². The van der Waals surface area contributed by atoms with E-state index in [0.717, 1.165) is 11.0 Å². The Morgan fingerprint density at radius 2 is 2.15 bits per heavy atom. The Morgan fingerprint density at radius 3 is 2.75 bits per heavy atom. The van der Waals surface area contributed by atoms with E-state index in [4.69, 9.17) is 5.11 Å². The minimum Gasteiger partial charge on any atom is -0.480 e. The van der Waals surface area contributed by atoms with Crippen molar-refractivity contribution >= 4 is 45.4 Å². The molecule has 0 radical (unpaired) electrons. The van der Waals surface area contributed by atoms with Crippen molar-refractivity contribution in [2.24, 2.45) is 0 Å². The molecule has 1 aromatic carbocycles. The number of carboxylic acids is 1. The number of aliphatic carboxylic acids is 1. The van der Waals surface area contributed by atoms with Crippen molar-refractivity contribution in [3.05, 3.63) is 28.2 Å². The predicted octanol–water partition coefficient (Wildman–Crippen LogP) is 2.72. The van der Waals surface area contributed by atoms with Crippen LogP contribution in [0.3, 0.4) is 0 Å². The third-order valence-electron chi connectivity index (χ3n) is 2.67. The number of nitrogens with one attached hydrogen (secondary N) is 1. The molecule has 2 rings (SSSR count). The van der Waals surface area contributed by atoms with Crippen LogP contribution in [0.15, 0.2) is 16.6 Å². The third-order valence-corrected chi connectivity index (χ3v) is 4.30. The average Bonchev–Trinajstić information content (AvgIpc) is 2.82. The summed E-state index contributed by atoms with van der Waals surface area (Å²) in [7, 11) is 0. The van der Waals surface area contributed by atoms with Crippen LogP contribution < -0.4 is 5.32 Å². The molecule has 1 aliphatic heterocycles. The normalized spacial score (nSPS) is 18.1. The Hall–Kier alpha value is -1.35. The number of carbonyl (C=O) groups excluding carboxylic acids is 1.